The lowest BCUT2D eigenvalue weighted by Gasteiger charge is -2.42. The molecule has 11 heteroatoms. The summed E-state index contributed by atoms with van der Waals surface area (Å²) in [5.41, 5.74) is 0. The second-order valence-electron chi connectivity index (χ2n) is 5.12. The van der Waals surface area contributed by atoms with Gasteiger partial charge in [0.1, 0.15) is 36.6 Å². The van der Waals surface area contributed by atoms with Crippen LogP contribution >= 0.6 is 0 Å². The Hall–Kier alpha value is -0.890. The molecule has 9 atom stereocenters. The molecule has 2 fully saturated rings. The lowest BCUT2D eigenvalue weighted by Crippen LogP contribution is -2.63. The molecule has 2 heterocycles. The van der Waals surface area contributed by atoms with Gasteiger partial charge < -0.3 is 50.0 Å². The number of aliphatic hydroxyl groups excluding tert-OH is 6. The van der Waals surface area contributed by atoms with Crippen molar-refractivity contribution in [1.82, 2.24) is 0 Å². The van der Waals surface area contributed by atoms with Crippen molar-refractivity contribution in [2.24, 2.45) is 0 Å². The summed E-state index contributed by atoms with van der Waals surface area (Å²) < 4.78 is 14.6. The van der Waals surface area contributed by atoms with Crippen LogP contribution in [0.25, 0.3) is 0 Å². The summed E-state index contributed by atoms with van der Waals surface area (Å²) in [4.78, 5) is 10.9. The van der Waals surface area contributed by atoms with Crippen molar-refractivity contribution in [3.63, 3.8) is 0 Å². The van der Waals surface area contributed by atoms with E-state index >= 15 is 0 Å². The van der Waals surface area contributed by atoms with E-state index in [9.17, 15) is 35.4 Å². The summed E-state index contributed by atoms with van der Waals surface area (Å²) in [6, 6.07) is 0. The van der Waals surface area contributed by atoms with Gasteiger partial charge in [0.15, 0.2) is 18.7 Å². The summed E-state index contributed by atoms with van der Waals surface area (Å²) in [6.45, 7) is -0.386. The number of carbonyl (C=O) groups is 1. The highest BCUT2D eigenvalue weighted by molar-refractivity contribution is 5.73. The van der Waals surface area contributed by atoms with Gasteiger partial charge in [-0.15, -0.1) is 0 Å². The molecule has 11 nitrogen and oxygen atoms in total. The van der Waals surface area contributed by atoms with Gasteiger partial charge in [0.25, 0.3) is 0 Å². The monoisotopic (exact) mass is 326 g/mol. The van der Waals surface area contributed by atoms with Crippen LogP contribution in [0.4, 0.5) is 0 Å². The first kappa shape index (κ1) is 17.5. The lowest BCUT2D eigenvalue weighted by atomic mass is 9.98. The maximum atomic E-state index is 10.9. The van der Waals surface area contributed by atoms with Gasteiger partial charge in [-0.05, 0) is 0 Å². The zero-order valence-corrected chi connectivity index (χ0v) is 11.2. The van der Waals surface area contributed by atoms with E-state index in [1.807, 2.05) is 0 Å². The van der Waals surface area contributed by atoms with Gasteiger partial charge in [-0.3, -0.25) is 0 Å². The van der Waals surface area contributed by atoms with Crippen molar-refractivity contribution in [3.05, 3.63) is 0 Å². The van der Waals surface area contributed by atoms with E-state index < -0.39 is 61.3 Å². The van der Waals surface area contributed by atoms with E-state index in [4.69, 9.17) is 14.6 Å². The number of aliphatic hydroxyl groups is 6. The minimum absolute atomic E-state index is 0.386. The smallest absolute Gasteiger partial charge is 0.335 e. The van der Waals surface area contributed by atoms with Crippen LogP contribution in [-0.4, -0.2) is 104 Å². The molecule has 22 heavy (non-hydrogen) atoms. The summed E-state index contributed by atoms with van der Waals surface area (Å²) in [6.07, 6.45) is -15.3. The number of aliphatic carboxylic acids is 1. The van der Waals surface area contributed by atoms with Gasteiger partial charge >= 0.3 is 5.97 Å². The molecule has 0 bridgehead atoms. The van der Waals surface area contributed by atoms with E-state index in [-0.39, 0.29) is 6.61 Å². The number of hydrogen-bond donors (Lipinski definition) is 7. The third-order valence-electron chi connectivity index (χ3n) is 3.55. The molecule has 0 radical (unpaired) electrons. The lowest BCUT2D eigenvalue weighted by molar-refractivity contribution is -0.339. The molecule has 0 aromatic rings. The highest BCUT2D eigenvalue weighted by Crippen LogP contribution is 2.26. The van der Waals surface area contributed by atoms with Crippen molar-refractivity contribution < 1.29 is 54.8 Å². The van der Waals surface area contributed by atoms with Gasteiger partial charge in [-0.25, -0.2) is 4.79 Å². The number of ether oxygens (including phenoxy) is 3. The normalized spacial score (nSPS) is 49.8. The molecular formula is C11H18O11. The molecule has 2 aliphatic rings. The Bertz CT molecular complexity index is 403. The van der Waals surface area contributed by atoms with Gasteiger partial charge in [0, 0.05) is 0 Å². The maximum Gasteiger partial charge on any atom is 0.335 e. The molecule has 0 unspecified atom stereocenters. The van der Waals surface area contributed by atoms with Crippen LogP contribution in [0.1, 0.15) is 0 Å². The van der Waals surface area contributed by atoms with Crippen LogP contribution in [0.3, 0.4) is 0 Å². The Kier molecular flexibility index (Phi) is 5.32. The predicted molar refractivity (Wildman–Crippen MR) is 63.2 cm³/mol. The van der Waals surface area contributed by atoms with Crippen molar-refractivity contribution in [2.75, 3.05) is 6.61 Å². The van der Waals surface area contributed by atoms with E-state index in [0.717, 1.165) is 0 Å². The Labute approximate surface area is 123 Å². The SMILES string of the molecule is O=C(O)[C@H]1O[C@@H](O)[C@H](O)[C@@H](O[C@@H]2OC[C@H](O)[C@H](O)[C@H]2O)[C@@H]1O. The van der Waals surface area contributed by atoms with E-state index in [2.05, 4.69) is 4.74 Å². The number of carboxylic acids is 1. The second-order valence-corrected chi connectivity index (χ2v) is 5.12. The first-order valence-electron chi connectivity index (χ1n) is 6.47. The van der Waals surface area contributed by atoms with Gasteiger partial charge in [0.05, 0.1) is 6.61 Å². The molecule has 2 saturated heterocycles. The molecule has 0 aromatic heterocycles. The van der Waals surface area contributed by atoms with E-state index in [1.165, 1.54) is 0 Å². The van der Waals surface area contributed by atoms with Gasteiger partial charge in [0.2, 0.25) is 0 Å². The fraction of sp³-hybridized carbons (Fsp3) is 0.909. The molecule has 0 aliphatic carbocycles. The first-order chi connectivity index (χ1) is 10.2. The number of carboxylic acid groups (broad SMARTS) is 1. The molecule has 7 N–H and O–H groups in total. The molecule has 0 spiro atoms. The first-order valence-corrected chi connectivity index (χ1v) is 6.47. The predicted octanol–water partition coefficient (Wildman–Crippen LogP) is -4.67. The number of rotatable bonds is 3. The molecule has 0 amide bonds. The average Bonchev–Trinajstić information content (AvgIpc) is 2.46. The minimum atomic E-state index is -1.94. The van der Waals surface area contributed by atoms with E-state index in [1.54, 1.807) is 0 Å². The van der Waals surface area contributed by atoms with Crippen LogP contribution < -0.4 is 0 Å². The summed E-state index contributed by atoms with van der Waals surface area (Å²) in [5, 5.41) is 66.5. The number of hydrogen-bond acceptors (Lipinski definition) is 10. The Morgan fingerprint density at radius 2 is 1.59 bits per heavy atom. The summed E-state index contributed by atoms with van der Waals surface area (Å²) in [5.74, 6) is -1.59. The van der Waals surface area contributed by atoms with Crippen molar-refractivity contribution in [2.45, 2.75) is 55.3 Å². The van der Waals surface area contributed by atoms with Crippen LogP contribution in [0.15, 0.2) is 0 Å². The largest absolute Gasteiger partial charge is 0.479 e. The van der Waals surface area contributed by atoms with Crippen LogP contribution in [0, 0.1) is 0 Å². The van der Waals surface area contributed by atoms with Crippen LogP contribution in [0.2, 0.25) is 0 Å². The minimum Gasteiger partial charge on any atom is -0.479 e. The summed E-state index contributed by atoms with van der Waals surface area (Å²) in [7, 11) is 0. The highest BCUT2D eigenvalue weighted by atomic mass is 16.7. The summed E-state index contributed by atoms with van der Waals surface area (Å²) >= 11 is 0. The molecule has 0 saturated carbocycles. The van der Waals surface area contributed by atoms with Crippen LogP contribution in [-0.2, 0) is 19.0 Å². The Morgan fingerprint density at radius 1 is 0.955 bits per heavy atom. The fourth-order valence-electron chi connectivity index (χ4n) is 2.27. The zero-order valence-electron chi connectivity index (χ0n) is 11.2. The Balaban J connectivity index is 2.10. The zero-order chi connectivity index (χ0) is 16.6. The molecule has 2 aliphatic heterocycles. The fourth-order valence-corrected chi connectivity index (χ4v) is 2.27. The average molecular weight is 326 g/mol. The van der Waals surface area contributed by atoms with Crippen molar-refractivity contribution in [1.29, 1.82) is 0 Å². The third kappa shape index (κ3) is 3.22. The van der Waals surface area contributed by atoms with Crippen LogP contribution in [0.5, 0.6) is 0 Å². The standard InChI is InChI=1S/C11H18O11/c12-2-1-20-11(4(14)3(2)13)22-7-5(15)8(9(17)18)21-10(19)6(7)16/h2-8,10-16,19H,1H2,(H,17,18)/t2-,3-,4+,5-,6+,7-,8-,10+,11-/m0/s1. The third-order valence-corrected chi connectivity index (χ3v) is 3.55. The van der Waals surface area contributed by atoms with Crippen molar-refractivity contribution in [3.8, 4) is 0 Å². The molecule has 2 rings (SSSR count). The second kappa shape index (κ2) is 6.70. The van der Waals surface area contributed by atoms with Gasteiger partial charge in [-0.2, -0.15) is 0 Å². The molecule has 0 aromatic carbocycles. The quantitative estimate of drug-likeness (QED) is 0.264. The maximum absolute atomic E-state index is 10.9. The topological polar surface area (TPSA) is 186 Å². The van der Waals surface area contributed by atoms with E-state index in [0.29, 0.717) is 0 Å². The Morgan fingerprint density at radius 3 is 2.18 bits per heavy atom. The highest BCUT2D eigenvalue weighted by Gasteiger charge is 2.50. The molecule has 128 valence electrons. The molecular weight excluding hydrogens is 308 g/mol. The van der Waals surface area contributed by atoms with Crippen molar-refractivity contribution >= 4 is 5.97 Å². The van der Waals surface area contributed by atoms with Gasteiger partial charge in [-0.1, -0.05) is 0 Å².